The Bertz CT molecular complexity index is 341. The molecule has 2 aromatic rings. The first kappa shape index (κ1) is 7.79. The van der Waals surface area contributed by atoms with E-state index in [1.165, 1.54) is 6.33 Å². The number of aromatic nitrogens is 3. The van der Waals surface area contributed by atoms with Gasteiger partial charge in [-0.05, 0) is 12.1 Å². The van der Waals surface area contributed by atoms with Gasteiger partial charge in [0.25, 0.3) is 0 Å². The molecule has 66 valence electrons. The molecule has 1 N–H and O–H groups in total. The van der Waals surface area contributed by atoms with E-state index in [4.69, 9.17) is 0 Å². The van der Waals surface area contributed by atoms with Gasteiger partial charge < -0.3 is 5.32 Å². The minimum Gasteiger partial charge on any atom is -0.366 e. The van der Waals surface area contributed by atoms with Crippen LogP contribution in [0.15, 0.2) is 43.0 Å². The molecule has 13 heavy (non-hydrogen) atoms. The van der Waals surface area contributed by atoms with Gasteiger partial charge in [-0.2, -0.15) is 5.10 Å². The zero-order chi connectivity index (χ0) is 8.93. The molecule has 0 amide bonds. The van der Waals surface area contributed by atoms with Gasteiger partial charge in [-0.25, -0.2) is 9.67 Å². The van der Waals surface area contributed by atoms with Crippen LogP contribution in [0.3, 0.4) is 0 Å². The Kier molecular flexibility index (Phi) is 2.22. The van der Waals surface area contributed by atoms with Gasteiger partial charge in [0, 0.05) is 5.69 Å². The highest BCUT2D eigenvalue weighted by atomic mass is 15.4. The molecule has 4 heteroatoms. The van der Waals surface area contributed by atoms with E-state index in [-0.39, 0.29) is 0 Å². The normalized spacial score (nSPS) is 9.85. The summed E-state index contributed by atoms with van der Waals surface area (Å²) in [6.07, 6.45) is 3.20. The number of para-hydroxylation sites is 1. The highest BCUT2D eigenvalue weighted by Gasteiger charge is 1.90. The molecule has 1 aromatic carbocycles. The first-order chi connectivity index (χ1) is 6.45. The van der Waals surface area contributed by atoms with Crippen LogP contribution in [-0.2, 0) is 6.67 Å². The second-order valence-corrected chi connectivity index (χ2v) is 2.64. The lowest BCUT2D eigenvalue weighted by molar-refractivity contribution is 0.668. The molecule has 0 bridgehead atoms. The van der Waals surface area contributed by atoms with Crippen LogP contribution in [-0.4, -0.2) is 14.8 Å². The molecule has 0 spiro atoms. The molecular formula is C9H10N4. The Labute approximate surface area is 76.2 Å². The Morgan fingerprint density at radius 1 is 1.23 bits per heavy atom. The van der Waals surface area contributed by atoms with E-state index < -0.39 is 0 Å². The molecule has 0 aliphatic heterocycles. The predicted octanol–water partition coefficient (Wildman–Crippen LogP) is 1.35. The number of rotatable bonds is 3. The summed E-state index contributed by atoms with van der Waals surface area (Å²) in [7, 11) is 0. The third-order valence-electron chi connectivity index (χ3n) is 1.69. The molecule has 1 heterocycles. The minimum absolute atomic E-state index is 0.643. The molecule has 0 atom stereocenters. The third kappa shape index (κ3) is 2.05. The number of nitrogens with zero attached hydrogens (tertiary/aromatic N) is 3. The van der Waals surface area contributed by atoms with Crippen LogP contribution in [0.4, 0.5) is 5.69 Å². The number of benzene rings is 1. The van der Waals surface area contributed by atoms with Crippen LogP contribution in [0.5, 0.6) is 0 Å². The molecule has 1 aromatic heterocycles. The topological polar surface area (TPSA) is 42.7 Å². The summed E-state index contributed by atoms with van der Waals surface area (Å²) in [4.78, 5) is 3.85. The van der Waals surface area contributed by atoms with Crippen molar-refractivity contribution in [3.8, 4) is 0 Å². The molecule has 0 saturated heterocycles. The Morgan fingerprint density at radius 3 is 2.77 bits per heavy atom. The highest BCUT2D eigenvalue weighted by molar-refractivity contribution is 5.41. The number of nitrogens with one attached hydrogen (secondary N) is 1. The van der Waals surface area contributed by atoms with E-state index in [1.54, 1.807) is 11.0 Å². The van der Waals surface area contributed by atoms with E-state index in [0.717, 1.165) is 5.69 Å². The van der Waals surface area contributed by atoms with Gasteiger partial charge in [0.15, 0.2) is 0 Å². The summed E-state index contributed by atoms with van der Waals surface area (Å²) in [5, 5.41) is 7.18. The average molecular weight is 174 g/mol. The van der Waals surface area contributed by atoms with Gasteiger partial charge in [0.2, 0.25) is 0 Å². The lowest BCUT2D eigenvalue weighted by Gasteiger charge is -2.04. The first-order valence-corrected chi connectivity index (χ1v) is 4.06. The summed E-state index contributed by atoms with van der Waals surface area (Å²) in [5.41, 5.74) is 1.08. The van der Waals surface area contributed by atoms with Gasteiger partial charge in [-0.15, -0.1) is 0 Å². The smallest absolute Gasteiger partial charge is 0.137 e. The summed E-state index contributed by atoms with van der Waals surface area (Å²) in [5.74, 6) is 0. The fraction of sp³-hybridized carbons (Fsp3) is 0.111. The average Bonchev–Trinajstić information content (AvgIpc) is 2.69. The van der Waals surface area contributed by atoms with E-state index >= 15 is 0 Å². The van der Waals surface area contributed by atoms with Crippen molar-refractivity contribution in [2.75, 3.05) is 5.32 Å². The van der Waals surface area contributed by atoms with Crippen LogP contribution in [0.2, 0.25) is 0 Å². The molecule has 0 aliphatic rings. The third-order valence-corrected chi connectivity index (χ3v) is 1.69. The lowest BCUT2D eigenvalue weighted by atomic mass is 10.3. The second kappa shape index (κ2) is 3.71. The zero-order valence-electron chi connectivity index (χ0n) is 7.09. The molecule has 0 radical (unpaired) electrons. The fourth-order valence-corrected chi connectivity index (χ4v) is 1.04. The fourth-order valence-electron chi connectivity index (χ4n) is 1.04. The van der Waals surface area contributed by atoms with Crippen molar-refractivity contribution in [1.29, 1.82) is 0 Å². The van der Waals surface area contributed by atoms with Crippen LogP contribution in [0, 0.1) is 0 Å². The molecule has 2 rings (SSSR count). The summed E-state index contributed by atoms with van der Waals surface area (Å²) in [6, 6.07) is 9.99. The van der Waals surface area contributed by atoms with E-state index in [9.17, 15) is 0 Å². The summed E-state index contributed by atoms with van der Waals surface area (Å²) < 4.78 is 1.73. The molecule has 0 aliphatic carbocycles. The molecule has 0 fully saturated rings. The first-order valence-electron chi connectivity index (χ1n) is 4.06. The molecule has 0 saturated carbocycles. The SMILES string of the molecule is c1ccc(NCn2cncn2)cc1. The highest BCUT2D eigenvalue weighted by Crippen LogP contribution is 2.04. The maximum absolute atomic E-state index is 3.97. The van der Waals surface area contributed by atoms with Gasteiger partial charge in [-0.1, -0.05) is 18.2 Å². The van der Waals surface area contributed by atoms with Gasteiger partial charge in [-0.3, -0.25) is 0 Å². The summed E-state index contributed by atoms with van der Waals surface area (Å²) in [6.45, 7) is 0.643. The summed E-state index contributed by atoms with van der Waals surface area (Å²) >= 11 is 0. The van der Waals surface area contributed by atoms with E-state index in [0.29, 0.717) is 6.67 Å². The van der Waals surface area contributed by atoms with E-state index in [2.05, 4.69) is 15.4 Å². The molecule has 0 unspecified atom stereocenters. The maximum atomic E-state index is 3.97. The molecular weight excluding hydrogens is 164 g/mol. The quantitative estimate of drug-likeness (QED) is 0.763. The van der Waals surface area contributed by atoms with Crippen molar-refractivity contribution in [3.63, 3.8) is 0 Å². The number of hydrogen-bond acceptors (Lipinski definition) is 3. The van der Waals surface area contributed by atoms with Crippen molar-refractivity contribution in [1.82, 2.24) is 14.8 Å². The van der Waals surface area contributed by atoms with Crippen LogP contribution >= 0.6 is 0 Å². The van der Waals surface area contributed by atoms with Crippen LogP contribution in [0.1, 0.15) is 0 Å². The predicted molar refractivity (Wildman–Crippen MR) is 50.1 cm³/mol. The minimum atomic E-state index is 0.643. The van der Waals surface area contributed by atoms with E-state index in [1.807, 2.05) is 30.3 Å². The maximum Gasteiger partial charge on any atom is 0.137 e. The second-order valence-electron chi connectivity index (χ2n) is 2.64. The van der Waals surface area contributed by atoms with Crippen molar-refractivity contribution >= 4 is 5.69 Å². The Morgan fingerprint density at radius 2 is 2.08 bits per heavy atom. The largest absolute Gasteiger partial charge is 0.366 e. The Balaban J connectivity index is 1.94. The van der Waals surface area contributed by atoms with Gasteiger partial charge in [0.05, 0.1) is 0 Å². The lowest BCUT2D eigenvalue weighted by Crippen LogP contribution is -2.07. The van der Waals surface area contributed by atoms with Crippen LogP contribution in [0.25, 0.3) is 0 Å². The van der Waals surface area contributed by atoms with Gasteiger partial charge in [0.1, 0.15) is 19.3 Å². The Hall–Kier alpha value is -1.84. The standard InChI is InChI=1S/C9H10N4/c1-2-4-9(5-3-1)11-8-13-7-10-6-12-13/h1-7,11H,8H2. The molecule has 4 nitrogen and oxygen atoms in total. The zero-order valence-corrected chi connectivity index (χ0v) is 7.09. The number of hydrogen-bond donors (Lipinski definition) is 1. The number of anilines is 1. The monoisotopic (exact) mass is 174 g/mol. The van der Waals surface area contributed by atoms with Crippen molar-refractivity contribution < 1.29 is 0 Å². The van der Waals surface area contributed by atoms with Crippen molar-refractivity contribution in [2.24, 2.45) is 0 Å². The van der Waals surface area contributed by atoms with Crippen LogP contribution < -0.4 is 5.32 Å². The van der Waals surface area contributed by atoms with Crippen molar-refractivity contribution in [3.05, 3.63) is 43.0 Å². The van der Waals surface area contributed by atoms with Gasteiger partial charge >= 0.3 is 0 Å². The van der Waals surface area contributed by atoms with Crippen molar-refractivity contribution in [2.45, 2.75) is 6.67 Å².